The van der Waals surface area contributed by atoms with Crippen molar-refractivity contribution in [3.63, 3.8) is 0 Å². The molecule has 0 aliphatic rings. The Labute approximate surface area is 85.6 Å². The minimum absolute atomic E-state index is 0.0673. The fraction of sp³-hybridized carbons (Fsp3) is 0.125. The van der Waals surface area contributed by atoms with Crippen molar-refractivity contribution in [1.29, 1.82) is 0 Å². The first-order chi connectivity index (χ1) is 6.63. The van der Waals surface area contributed by atoms with E-state index in [1.54, 1.807) is 0 Å². The quantitative estimate of drug-likeness (QED) is 0.449. The highest BCUT2D eigenvalue weighted by Crippen LogP contribution is 2.11. The van der Waals surface area contributed by atoms with E-state index in [1.807, 2.05) is 0 Å². The van der Waals surface area contributed by atoms with Crippen molar-refractivity contribution in [3.8, 4) is 0 Å². The molecule has 0 radical (unpaired) electrons. The van der Waals surface area contributed by atoms with Gasteiger partial charge < -0.3 is 10.5 Å². The Bertz CT molecular complexity index is 379. The molecule has 0 atom stereocenters. The van der Waals surface area contributed by atoms with Crippen LogP contribution in [0.1, 0.15) is 5.56 Å². The molecule has 0 aliphatic carbocycles. The first-order valence-corrected chi connectivity index (χ1v) is 4.05. The SMILES string of the molecule is COC(=O)/C=C/c1cnc(Cl)nc1N. The molecule has 0 aromatic carbocycles. The molecule has 14 heavy (non-hydrogen) atoms. The number of carbonyl (C=O) groups excluding carboxylic acids is 1. The van der Waals surface area contributed by atoms with Gasteiger partial charge in [-0.25, -0.2) is 14.8 Å². The molecule has 1 heterocycles. The van der Waals surface area contributed by atoms with Crippen LogP contribution in [0.15, 0.2) is 12.3 Å². The fourth-order valence-electron chi connectivity index (χ4n) is 0.736. The minimum Gasteiger partial charge on any atom is -0.466 e. The van der Waals surface area contributed by atoms with Crippen LogP contribution in [0.25, 0.3) is 6.08 Å². The van der Waals surface area contributed by atoms with E-state index in [9.17, 15) is 4.79 Å². The molecule has 1 aromatic heterocycles. The van der Waals surface area contributed by atoms with E-state index in [1.165, 1.54) is 25.5 Å². The molecule has 1 aromatic rings. The van der Waals surface area contributed by atoms with Gasteiger partial charge in [-0.3, -0.25) is 0 Å². The van der Waals surface area contributed by atoms with Crippen LogP contribution in [0.2, 0.25) is 5.28 Å². The molecule has 0 spiro atoms. The smallest absolute Gasteiger partial charge is 0.330 e. The number of halogens is 1. The van der Waals surface area contributed by atoms with Crippen LogP contribution in [0.4, 0.5) is 5.82 Å². The van der Waals surface area contributed by atoms with E-state index in [4.69, 9.17) is 17.3 Å². The number of methoxy groups -OCH3 is 1. The molecule has 74 valence electrons. The molecule has 5 nitrogen and oxygen atoms in total. The summed E-state index contributed by atoms with van der Waals surface area (Å²) in [4.78, 5) is 18.2. The van der Waals surface area contributed by atoms with Crippen molar-refractivity contribution < 1.29 is 9.53 Å². The third kappa shape index (κ3) is 2.70. The first-order valence-electron chi connectivity index (χ1n) is 3.67. The van der Waals surface area contributed by atoms with Gasteiger partial charge in [0.15, 0.2) is 0 Å². The topological polar surface area (TPSA) is 78.1 Å². The summed E-state index contributed by atoms with van der Waals surface area (Å²) in [5, 5.41) is 0.0673. The molecular weight excluding hydrogens is 206 g/mol. The van der Waals surface area contributed by atoms with Crippen molar-refractivity contribution in [2.24, 2.45) is 0 Å². The zero-order valence-corrected chi connectivity index (χ0v) is 8.15. The number of esters is 1. The predicted octanol–water partition coefficient (Wildman–Crippen LogP) is 0.898. The largest absolute Gasteiger partial charge is 0.466 e. The lowest BCUT2D eigenvalue weighted by Crippen LogP contribution is -1.97. The maximum Gasteiger partial charge on any atom is 0.330 e. The van der Waals surface area contributed by atoms with Gasteiger partial charge in [0, 0.05) is 17.8 Å². The number of aromatic nitrogens is 2. The van der Waals surface area contributed by atoms with Gasteiger partial charge in [0.2, 0.25) is 5.28 Å². The lowest BCUT2D eigenvalue weighted by molar-refractivity contribution is -0.134. The second kappa shape index (κ2) is 4.57. The van der Waals surface area contributed by atoms with Gasteiger partial charge in [-0.15, -0.1) is 0 Å². The molecule has 0 aliphatic heterocycles. The number of nitrogens with zero attached hydrogens (tertiary/aromatic N) is 2. The number of hydrogen-bond donors (Lipinski definition) is 1. The Balaban J connectivity index is 2.87. The lowest BCUT2D eigenvalue weighted by Gasteiger charge is -1.97. The average molecular weight is 214 g/mol. The molecule has 1 rings (SSSR count). The van der Waals surface area contributed by atoms with Gasteiger partial charge in [-0.05, 0) is 17.7 Å². The van der Waals surface area contributed by atoms with E-state index in [-0.39, 0.29) is 11.1 Å². The fourth-order valence-corrected chi connectivity index (χ4v) is 0.876. The van der Waals surface area contributed by atoms with Crippen molar-refractivity contribution >= 4 is 29.5 Å². The van der Waals surface area contributed by atoms with Crippen molar-refractivity contribution in [2.45, 2.75) is 0 Å². The summed E-state index contributed by atoms with van der Waals surface area (Å²) in [5.41, 5.74) is 6.02. The van der Waals surface area contributed by atoms with Crippen LogP contribution in [0, 0.1) is 0 Å². The van der Waals surface area contributed by atoms with E-state index >= 15 is 0 Å². The maximum absolute atomic E-state index is 10.7. The van der Waals surface area contributed by atoms with E-state index in [0.29, 0.717) is 5.56 Å². The van der Waals surface area contributed by atoms with Crippen molar-refractivity contribution in [3.05, 3.63) is 23.1 Å². The molecule has 6 heteroatoms. The zero-order chi connectivity index (χ0) is 10.6. The summed E-state index contributed by atoms with van der Waals surface area (Å²) >= 11 is 5.49. The zero-order valence-electron chi connectivity index (χ0n) is 7.40. The van der Waals surface area contributed by atoms with Gasteiger partial charge in [0.1, 0.15) is 5.82 Å². The average Bonchev–Trinajstić information content (AvgIpc) is 2.16. The predicted molar refractivity (Wildman–Crippen MR) is 52.5 cm³/mol. The van der Waals surface area contributed by atoms with Crippen LogP contribution >= 0.6 is 11.6 Å². The number of anilines is 1. The normalized spacial score (nSPS) is 10.4. The molecule has 0 saturated carbocycles. The van der Waals surface area contributed by atoms with E-state index < -0.39 is 5.97 Å². The van der Waals surface area contributed by atoms with Crippen LogP contribution in [-0.2, 0) is 9.53 Å². The highest BCUT2D eigenvalue weighted by Gasteiger charge is 1.99. The Hall–Kier alpha value is -1.62. The molecule has 0 saturated heterocycles. The number of nitrogens with two attached hydrogens (primary N) is 1. The number of ether oxygens (including phenoxy) is 1. The Morgan fingerprint density at radius 2 is 2.43 bits per heavy atom. The summed E-state index contributed by atoms with van der Waals surface area (Å²) < 4.78 is 4.40. The van der Waals surface area contributed by atoms with Crippen molar-refractivity contribution in [1.82, 2.24) is 9.97 Å². The summed E-state index contributed by atoms with van der Waals surface area (Å²) in [5.74, 6) is -0.260. The summed E-state index contributed by atoms with van der Waals surface area (Å²) in [6.45, 7) is 0. The van der Waals surface area contributed by atoms with Crippen LogP contribution in [0.5, 0.6) is 0 Å². The minimum atomic E-state index is -0.473. The third-order valence-corrected chi connectivity index (χ3v) is 1.60. The standard InChI is InChI=1S/C8H8ClN3O2/c1-14-6(13)3-2-5-4-11-8(9)12-7(5)10/h2-4H,1H3,(H2,10,11,12)/b3-2+. The Kier molecular flexibility index (Phi) is 3.41. The number of carbonyl (C=O) groups is 1. The molecule has 0 fully saturated rings. The number of rotatable bonds is 2. The highest BCUT2D eigenvalue weighted by molar-refractivity contribution is 6.28. The van der Waals surface area contributed by atoms with Gasteiger partial charge in [0.25, 0.3) is 0 Å². The maximum atomic E-state index is 10.7. The highest BCUT2D eigenvalue weighted by atomic mass is 35.5. The van der Waals surface area contributed by atoms with Gasteiger partial charge in [0.05, 0.1) is 7.11 Å². The number of nitrogen functional groups attached to an aromatic ring is 1. The van der Waals surface area contributed by atoms with Gasteiger partial charge in [-0.2, -0.15) is 0 Å². The first kappa shape index (κ1) is 10.5. The Morgan fingerprint density at radius 1 is 1.71 bits per heavy atom. The molecular formula is C8H8ClN3O2. The van der Waals surface area contributed by atoms with Gasteiger partial charge >= 0.3 is 5.97 Å². The van der Waals surface area contributed by atoms with E-state index in [0.717, 1.165) is 0 Å². The summed E-state index contributed by atoms with van der Waals surface area (Å²) in [6.07, 6.45) is 4.10. The van der Waals surface area contributed by atoms with E-state index in [2.05, 4.69) is 14.7 Å². The summed E-state index contributed by atoms with van der Waals surface area (Å²) in [6, 6.07) is 0. The monoisotopic (exact) mass is 213 g/mol. The molecule has 2 N–H and O–H groups in total. The molecule has 0 amide bonds. The third-order valence-electron chi connectivity index (χ3n) is 1.42. The lowest BCUT2D eigenvalue weighted by atomic mass is 10.3. The molecule has 0 unspecified atom stereocenters. The summed E-state index contributed by atoms with van der Waals surface area (Å²) in [7, 11) is 1.29. The van der Waals surface area contributed by atoms with Crippen LogP contribution in [-0.4, -0.2) is 23.0 Å². The Morgan fingerprint density at radius 3 is 3.00 bits per heavy atom. The van der Waals surface area contributed by atoms with Crippen molar-refractivity contribution in [2.75, 3.05) is 12.8 Å². The molecule has 0 bridgehead atoms. The number of hydrogen-bond acceptors (Lipinski definition) is 5. The second-order valence-corrected chi connectivity index (χ2v) is 2.67. The van der Waals surface area contributed by atoms with Gasteiger partial charge in [-0.1, -0.05) is 0 Å². The van der Waals surface area contributed by atoms with Crippen LogP contribution in [0.3, 0.4) is 0 Å². The second-order valence-electron chi connectivity index (χ2n) is 2.34. The van der Waals surface area contributed by atoms with Crippen LogP contribution < -0.4 is 5.73 Å².